The highest BCUT2D eigenvalue weighted by molar-refractivity contribution is 7.17. The van der Waals surface area contributed by atoms with Crippen LogP contribution >= 0.6 is 11.3 Å². The lowest BCUT2D eigenvalue weighted by Crippen LogP contribution is -2.08. The van der Waals surface area contributed by atoms with Crippen LogP contribution in [-0.4, -0.2) is 0 Å². The Morgan fingerprint density at radius 2 is 1.75 bits per heavy atom. The molecule has 0 atom stereocenters. The number of benzene rings is 1. The van der Waals surface area contributed by atoms with E-state index in [4.69, 9.17) is 0 Å². The summed E-state index contributed by atoms with van der Waals surface area (Å²) < 4.78 is 1.41. The second kappa shape index (κ2) is 5.49. The highest BCUT2D eigenvalue weighted by Gasteiger charge is 2.11. The normalized spacial score (nSPS) is 11.1. The van der Waals surface area contributed by atoms with Crippen LogP contribution in [0, 0.1) is 5.41 Å². The zero-order valence-corrected chi connectivity index (χ0v) is 11.8. The van der Waals surface area contributed by atoms with Crippen LogP contribution in [0.25, 0.3) is 10.1 Å². The molecule has 0 unspecified atom stereocenters. The zero-order chi connectivity index (χ0) is 12.2. The van der Waals surface area contributed by atoms with Gasteiger partial charge in [-0.15, -0.1) is 11.3 Å². The minimum atomic E-state index is 0.380. The molecule has 0 radical (unpaired) electrons. The molecule has 1 aromatic carbocycles. The zero-order valence-electron chi connectivity index (χ0n) is 11.0. The molecule has 16 heavy (non-hydrogen) atoms. The molecule has 0 amide bonds. The van der Waals surface area contributed by atoms with Crippen molar-refractivity contribution in [2.45, 2.75) is 41.0 Å². The maximum Gasteiger partial charge on any atom is 0.0345 e. The van der Waals surface area contributed by atoms with Crippen molar-refractivity contribution < 1.29 is 0 Å². The van der Waals surface area contributed by atoms with Crippen molar-refractivity contribution in [1.29, 1.82) is 0 Å². The van der Waals surface area contributed by atoms with Crippen molar-refractivity contribution >= 4 is 21.4 Å². The van der Waals surface area contributed by atoms with E-state index < -0.39 is 0 Å². The first-order chi connectivity index (χ1) is 7.54. The predicted octanol–water partition coefficient (Wildman–Crippen LogP) is 5.52. The SMILES string of the molecule is CC.CC(C)(C)Cc1ccc2ccsc2c1. The van der Waals surface area contributed by atoms with E-state index in [2.05, 4.69) is 50.4 Å². The van der Waals surface area contributed by atoms with Gasteiger partial charge in [0, 0.05) is 4.70 Å². The quantitative estimate of drug-likeness (QED) is 0.610. The molecule has 0 saturated carbocycles. The summed E-state index contributed by atoms with van der Waals surface area (Å²) in [5, 5.41) is 3.53. The van der Waals surface area contributed by atoms with Gasteiger partial charge >= 0.3 is 0 Å². The van der Waals surface area contributed by atoms with E-state index in [0.29, 0.717) is 5.41 Å². The van der Waals surface area contributed by atoms with Crippen molar-refractivity contribution in [2.24, 2.45) is 5.41 Å². The van der Waals surface area contributed by atoms with Crippen molar-refractivity contribution in [3.63, 3.8) is 0 Å². The Balaban J connectivity index is 0.000000606. The van der Waals surface area contributed by atoms with Crippen molar-refractivity contribution in [1.82, 2.24) is 0 Å². The molecule has 0 aliphatic carbocycles. The molecule has 0 N–H and O–H groups in total. The predicted molar refractivity (Wildman–Crippen MR) is 76.3 cm³/mol. The molecule has 88 valence electrons. The highest BCUT2D eigenvalue weighted by atomic mass is 32.1. The van der Waals surface area contributed by atoms with Crippen LogP contribution in [-0.2, 0) is 6.42 Å². The van der Waals surface area contributed by atoms with Crippen molar-refractivity contribution in [3.05, 3.63) is 35.2 Å². The van der Waals surface area contributed by atoms with Gasteiger partial charge in [-0.1, -0.05) is 46.8 Å². The number of rotatable bonds is 1. The molecule has 1 aromatic heterocycles. The van der Waals surface area contributed by atoms with E-state index in [0.717, 1.165) is 6.42 Å². The summed E-state index contributed by atoms with van der Waals surface area (Å²) in [7, 11) is 0. The van der Waals surface area contributed by atoms with Crippen molar-refractivity contribution in [3.8, 4) is 0 Å². The molecule has 0 aliphatic rings. The van der Waals surface area contributed by atoms with Crippen LogP contribution in [0.5, 0.6) is 0 Å². The summed E-state index contributed by atoms with van der Waals surface area (Å²) in [5.41, 5.74) is 1.83. The Morgan fingerprint density at radius 1 is 1.06 bits per heavy atom. The largest absolute Gasteiger partial charge is 0.144 e. The number of hydrogen-bond acceptors (Lipinski definition) is 1. The summed E-state index contributed by atoms with van der Waals surface area (Å²) in [6.45, 7) is 10.9. The van der Waals surface area contributed by atoms with Crippen LogP contribution in [0.2, 0.25) is 0 Å². The lowest BCUT2D eigenvalue weighted by atomic mass is 9.88. The van der Waals surface area contributed by atoms with Gasteiger partial charge in [-0.25, -0.2) is 0 Å². The van der Waals surface area contributed by atoms with E-state index in [-0.39, 0.29) is 0 Å². The standard InChI is InChI=1S/C13H16S.C2H6/c1-13(2,3)9-10-4-5-11-6-7-14-12(11)8-10;1-2/h4-8H,9H2,1-3H3;1-2H3. The average Bonchev–Trinajstić information content (AvgIpc) is 2.65. The van der Waals surface area contributed by atoms with Gasteiger partial charge in [0.2, 0.25) is 0 Å². The first-order valence-corrected chi connectivity index (χ1v) is 6.89. The fraction of sp³-hybridized carbons (Fsp3) is 0.467. The van der Waals surface area contributed by atoms with E-state index in [1.54, 1.807) is 0 Å². The summed E-state index contributed by atoms with van der Waals surface area (Å²) in [5.74, 6) is 0. The summed E-state index contributed by atoms with van der Waals surface area (Å²) in [6.07, 6.45) is 1.15. The van der Waals surface area contributed by atoms with Crippen LogP contribution in [0.4, 0.5) is 0 Å². The van der Waals surface area contributed by atoms with E-state index in [1.165, 1.54) is 15.6 Å². The third kappa shape index (κ3) is 3.64. The van der Waals surface area contributed by atoms with Gasteiger partial charge in [0.25, 0.3) is 0 Å². The minimum Gasteiger partial charge on any atom is -0.144 e. The lowest BCUT2D eigenvalue weighted by Gasteiger charge is -2.17. The first kappa shape index (κ1) is 13.2. The van der Waals surface area contributed by atoms with Gasteiger partial charge < -0.3 is 0 Å². The van der Waals surface area contributed by atoms with Crippen molar-refractivity contribution in [2.75, 3.05) is 0 Å². The molecule has 2 rings (SSSR count). The third-order valence-electron chi connectivity index (χ3n) is 2.26. The molecule has 0 spiro atoms. The highest BCUT2D eigenvalue weighted by Crippen LogP contribution is 2.26. The molecule has 0 bridgehead atoms. The van der Waals surface area contributed by atoms with E-state index in [9.17, 15) is 0 Å². The topological polar surface area (TPSA) is 0 Å². The maximum atomic E-state index is 2.32. The average molecular weight is 234 g/mol. The van der Waals surface area contributed by atoms with E-state index in [1.807, 2.05) is 25.2 Å². The molecule has 0 fully saturated rings. The number of thiophene rings is 1. The fourth-order valence-electron chi connectivity index (χ4n) is 1.72. The molecule has 0 nitrogen and oxygen atoms in total. The summed E-state index contributed by atoms with van der Waals surface area (Å²) >= 11 is 1.83. The third-order valence-corrected chi connectivity index (χ3v) is 3.13. The van der Waals surface area contributed by atoms with Gasteiger partial charge in [-0.2, -0.15) is 0 Å². The second-order valence-electron chi connectivity index (χ2n) is 5.03. The smallest absolute Gasteiger partial charge is 0.0345 e. The van der Waals surface area contributed by atoms with Crippen LogP contribution < -0.4 is 0 Å². The Kier molecular flexibility index (Phi) is 4.55. The fourth-order valence-corrected chi connectivity index (χ4v) is 2.57. The monoisotopic (exact) mass is 234 g/mol. The lowest BCUT2D eigenvalue weighted by molar-refractivity contribution is 0.411. The van der Waals surface area contributed by atoms with Crippen LogP contribution in [0.15, 0.2) is 29.6 Å². The first-order valence-electron chi connectivity index (χ1n) is 6.01. The van der Waals surface area contributed by atoms with Gasteiger partial charge in [0.15, 0.2) is 0 Å². The van der Waals surface area contributed by atoms with Gasteiger partial charge in [0.1, 0.15) is 0 Å². The van der Waals surface area contributed by atoms with Gasteiger partial charge in [-0.05, 0) is 40.3 Å². The Morgan fingerprint density at radius 3 is 2.38 bits per heavy atom. The Bertz CT molecular complexity index is 432. The number of fused-ring (bicyclic) bond motifs is 1. The Labute approximate surface area is 103 Å². The Hall–Kier alpha value is -0.820. The molecular formula is C15H22S. The molecule has 2 aromatic rings. The van der Waals surface area contributed by atoms with Gasteiger partial charge in [0.05, 0.1) is 0 Å². The molecule has 1 heteroatoms. The number of hydrogen-bond donors (Lipinski definition) is 0. The van der Waals surface area contributed by atoms with Gasteiger partial charge in [-0.3, -0.25) is 0 Å². The second-order valence-corrected chi connectivity index (χ2v) is 5.98. The minimum absolute atomic E-state index is 0.380. The molecule has 0 saturated heterocycles. The van der Waals surface area contributed by atoms with E-state index >= 15 is 0 Å². The maximum absolute atomic E-state index is 2.32. The summed E-state index contributed by atoms with van der Waals surface area (Å²) in [6, 6.07) is 8.99. The molecule has 0 aliphatic heterocycles. The van der Waals surface area contributed by atoms with Crippen LogP contribution in [0.1, 0.15) is 40.2 Å². The summed E-state index contributed by atoms with van der Waals surface area (Å²) in [4.78, 5) is 0. The molecular weight excluding hydrogens is 212 g/mol. The molecule has 1 heterocycles. The van der Waals surface area contributed by atoms with Crippen LogP contribution in [0.3, 0.4) is 0 Å².